The number of carbonyl (C=O) groups is 1. The Morgan fingerprint density at radius 1 is 1.17 bits per heavy atom. The first kappa shape index (κ1) is 10.5. The maximum Gasteiger partial charge on any atom is 0.364 e. The highest BCUT2D eigenvalue weighted by molar-refractivity contribution is 6.11. The van der Waals surface area contributed by atoms with Gasteiger partial charge in [0.2, 0.25) is 0 Å². The van der Waals surface area contributed by atoms with E-state index in [1.54, 1.807) is 36.5 Å². The standard InChI is InChI=1S/C13H8N2O3/c16-13-10(8-9-4-1-2-6-14-9)15-12(18-13)11-5-3-7-17-11/h1-8H/b10-8+. The van der Waals surface area contributed by atoms with Crippen LogP contribution in [0.4, 0.5) is 0 Å². The zero-order chi connectivity index (χ0) is 12.4. The van der Waals surface area contributed by atoms with Crippen molar-refractivity contribution < 1.29 is 13.9 Å². The molecule has 0 aliphatic carbocycles. The van der Waals surface area contributed by atoms with Gasteiger partial charge < -0.3 is 9.15 Å². The number of pyridine rings is 1. The molecule has 1 aliphatic heterocycles. The molecule has 0 unspecified atom stereocenters. The number of hydrogen-bond donors (Lipinski definition) is 0. The van der Waals surface area contributed by atoms with E-state index < -0.39 is 5.97 Å². The first-order chi connectivity index (χ1) is 8.83. The summed E-state index contributed by atoms with van der Waals surface area (Å²) >= 11 is 0. The molecule has 0 saturated carbocycles. The van der Waals surface area contributed by atoms with E-state index in [0.29, 0.717) is 11.5 Å². The minimum atomic E-state index is -0.507. The van der Waals surface area contributed by atoms with Gasteiger partial charge in [0, 0.05) is 6.20 Å². The predicted molar refractivity (Wildman–Crippen MR) is 63.6 cm³/mol. The summed E-state index contributed by atoms with van der Waals surface area (Å²) in [6, 6.07) is 8.78. The van der Waals surface area contributed by atoms with Crippen LogP contribution in [0.1, 0.15) is 11.5 Å². The van der Waals surface area contributed by atoms with Gasteiger partial charge in [0.25, 0.3) is 5.90 Å². The molecule has 2 aromatic rings. The second-order valence-corrected chi connectivity index (χ2v) is 3.57. The number of carbonyl (C=O) groups excluding carboxylic acids is 1. The van der Waals surface area contributed by atoms with Crippen LogP contribution in [-0.2, 0) is 9.53 Å². The number of aromatic nitrogens is 1. The summed E-state index contributed by atoms with van der Waals surface area (Å²) in [5, 5.41) is 0. The molecule has 5 nitrogen and oxygen atoms in total. The minimum Gasteiger partial charge on any atom is -0.459 e. The van der Waals surface area contributed by atoms with Crippen molar-refractivity contribution in [3.8, 4) is 0 Å². The van der Waals surface area contributed by atoms with E-state index in [1.807, 2.05) is 6.07 Å². The van der Waals surface area contributed by atoms with Gasteiger partial charge in [-0.3, -0.25) is 4.98 Å². The maximum atomic E-state index is 11.6. The lowest BCUT2D eigenvalue weighted by atomic mass is 10.3. The SMILES string of the molecule is O=C1OC(c2ccco2)=N/C1=C/c1ccccn1. The molecule has 5 heteroatoms. The highest BCUT2D eigenvalue weighted by Crippen LogP contribution is 2.18. The first-order valence-corrected chi connectivity index (χ1v) is 5.30. The van der Waals surface area contributed by atoms with E-state index in [1.165, 1.54) is 6.26 Å². The molecule has 88 valence electrons. The number of esters is 1. The van der Waals surface area contributed by atoms with Crippen molar-refractivity contribution >= 4 is 17.9 Å². The Morgan fingerprint density at radius 2 is 2.11 bits per heavy atom. The van der Waals surface area contributed by atoms with Crippen molar-refractivity contribution in [3.63, 3.8) is 0 Å². The van der Waals surface area contributed by atoms with E-state index in [2.05, 4.69) is 9.98 Å². The summed E-state index contributed by atoms with van der Waals surface area (Å²) in [5.74, 6) is 0.0898. The fourth-order valence-electron chi connectivity index (χ4n) is 1.52. The van der Waals surface area contributed by atoms with Crippen molar-refractivity contribution in [3.05, 3.63) is 59.9 Å². The molecule has 0 atom stereocenters. The maximum absolute atomic E-state index is 11.6. The van der Waals surface area contributed by atoms with Crippen molar-refractivity contribution in [1.29, 1.82) is 0 Å². The normalized spacial score (nSPS) is 16.8. The minimum absolute atomic E-state index is 0.173. The number of aliphatic imine (C=N–C) groups is 1. The molecule has 0 aromatic carbocycles. The number of rotatable bonds is 2. The average molecular weight is 240 g/mol. The van der Waals surface area contributed by atoms with Gasteiger partial charge in [-0.15, -0.1) is 0 Å². The zero-order valence-electron chi connectivity index (χ0n) is 9.24. The van der Waals surface area contributed by atoms with E-state index in [-0.39, 0.29) is 11.6 Å². The molecular weight excluding hydrogens is 232 g/mol. The van der Waals surface area contributed by atoms with Crippen LogP contribution in [0.25, 0.3) is 6.08 Å². The Balaban J connectivity index is 1.94. The number of ether oxygens (including phenoxy) is 1. The smallest absolute Gasteiger partial charge is 0.364 e. The number of nitrogens with zero attached hydrogens (tertiary/aromatic N) is 2. The summed E-state index contributed by atoms with van der Waals surface area (Å²) < 4.78 is 10.1. The number of cyclic esters (lactones) is 1. The second kappa shape index (κ2) is 4.29. The summed E-state index contributed by atoms with van der Waals surface area (Å²) in [6.07, 6.45) is 4.70. The second-order valence-electron chi connectivity index (χ2n) is 3.57. The van der Waals surface area contributed by atoms with Crippen LogP contribution >= 0.6 is 0 Å². The van der Waals surface area contributed by atoms with Gasteiger partial charge in [0.15, 0.2) is 11.5 Å². The Bertz CT molecular complexity index is 628. The van der Waals surface area contributed by atoms with Gasteiger partial charge in [-0.2, -0.15) is 0 Å². The largest absolute Gasteiger partial charge is 0.459 e. The molecule has 0 radical (unpaired) electrons. The van der Waals surface area contributed by atoms with Crippen molar-refractivity contribution in [2.24, 2.45) is 4.99 Å². The van der Waals surface area contributed by atoms with Gasteiger partial charge in [0.1, 0.15) is 0 Å². The average Bonchev–Trinajstić information content (AvgIpc) is 3.01. The monoisotopic (exact) mass is 240 g/mol. The lowest BCUT2D eigenvalue weighted by Gasteiger charge is -1.92. The zero-order valence-corrected chi connectivity index (χ0v) is 9.24. The van der Waals surface area contributed by atoms with Crippen LogP contribution < -0.4 is 0 Å². The topological polar surface area (TPSA) is 64.7 Å². The summed E-state index contributed by atoms with van der Waals surface area (Å²) in [7, 11) is 0. The number of hydrogen-bond acceptors (Lipinski definition) is 5. The molecule has 0 saturated heterocycles. The van der Waals surface area contributed by atoms with E-state index in [9.17, 15) is 4.79 Å². The fraction of sp³-hybridized carbons (Fsp3) is 0. The molecule has 1 aliphatic rings. The van der Waals surface area contributed by atoms with E-state index in [0.717, 1.165) is 0 Å². The van der Waals surface area contributed by atoms with Crippen LogP contribution in [0.15, 0.2) is 57.9 Å². The molecule has 3 heterocycles. The Labute approximate surface area is 102 Å². The highest BCUT2D eigenvalue weighted by Gasteiger charge is 2.25. The predicted octanol–water partition coefficient (Wildman–Crippen LogP) is 2.02. The third kappa shape index (κ3) is 1.93. The van der Waals surface area contributed by atoms with Crippen molar-refractivity contribution in [1.82, 2.24) is 4.98 Å². The van der Waals surface area contributed by atoms with Crippen LogP contribution in [0, 0.1) is 0 Å². The molecule has 3 rings (SSSR count). The van der Waals surface area contributed by atoms with Crippen LogP contribution in [0.2, 0.25) is 0 Å². The molecular formula is C13H8N2O3. The summed E-state index contributed by atoms with van der Waals surface area (Å²) in [4.78, 5) is 19.8. The van der Waals surface area contributed by atoms with Crippen LogP contribution in [-0.4, -0.2) is 16.9 Å². The van der Waals surface area contributed by atoms with Crippen LogP contribution in [0.3, 0.4) is 0 Å². The highest BCUT2D eigenvalue weighted by atomic mass is 16.6. The van der Waals surface area contributed by atoms with Gasteiger partial charge >= 0.3 is 5.97 Å². The lowest BCUT2D eigenvalue weighted by Crippen LogP contribution is -2.04. The van der Waals surface area contributed by atoms with Crippen molar-refractivity contribution in [2.75, 3.05) is 0 Å². The summed E-state index contributed by atoms with van der Waals surface area (Å²) in [6.45, 7) is 0. The Morgan fingerprint density at radius 3 is 2.83 bits per heavy atom. The molecule has 0 bridgehead atoms. The lowest BCUT2D eigenvalue weighted by molar-refractivity contribution is -0.130. The molecule has 0 amide bonds. The first-order valence-electron chi connectivity index (χ1n) is 5.30. The third-order valence-electron chi connectivity index (χ3n) is 2.32. The quantitative estimate of drug-likeness (QED) is 0.595. The van der Waals surface area contributed by atoms with E-state index in [4.69, 9.17) is 9.15 Å². The van der Waals surface area contributed by atoms with Gasteiger partial charge in [-0.1, -0.05) is 6.07 Å². The van der Waals surface area contributed by atoms with Crippen molar-refractivity contribution in [2.45, 2.75) is 0 Å². The number of furan rings is 1. The molecule has 18 heavy (non-hydrogen) atoms. The molecule has 2 aromatic heterocycles. The van der Waals surface area contributed by atoms with Gasteiger partial charge in [0.05, 0.1) is 12.0 Å². The molecule has 0 N–H and O–H groups in total. The Kier molecular flexibility index (Phi) is 2.49. The van der Waals surface area contributed by atoms with Gasteiger partial charge in [-0.25, -0.2) is 9.79 Å². The molecule has 0 spiro atoms. The molecule has 0 fully saturated rings. The van der Waals surface area contributed by atoms with Gasteiger partial charge in [-0.05, 0) is 30.3 Å². The van der Waals surface area contributed by atoms with E-state index >= 15 is 0 Å². The van der Waals surface area contributed by atoms with Crippen LogP contribution in [0.5, 0.6) is 0 Å². The fourth-order valence-corrected chi connectivity index (χ4v) is 1.52. The Hall–Kier alpha value is -2.69. The summed E-state index contributed by atoms with van der Waals surface area (Å²) in [5.41, 5.74) is 0.856. The third-order valence-corrected chi connectivity index (χ3v) is 2.32.